The van der Waals surface area contributed by atoms with Crippen LogP contribution < -0.4 is 20.7 Å². The molecule has 148 valence electrons. The fourth-order valence-electron chi connectivity index (χ4n) is 3.45. The number of nitrogens with zero attached hydrogens (tertiary/aromatic N) is 2. The molecule has 3 heterocycles. The summed E-state index contributed by atoms with van der Waals surface area (Å²) in [5.74, 6) is 0.283. The van der Waals surface area contributed by atoms with E-state index < -0.39 is 0 Å². The largest absolute Gasteiger partial charge is 0.384 e. The quantitative estimate of drug-likeness (QED) is 0.397. The van der Waals surface area contributed by atoms with Crippen LogP contribution in [0.5, 0.6) is 0 Å². The fraction of sp³-hybridized carbons (Fsp3) is 0.227. The van der Waals surface area contributed by atoms with E-state index in [9.17, 15) is 10.0 Å². The van der Waals surface area contributed by atoms with Crippen molar-refractivity contribution < 1.29 is 14.7 Å². The van der Waals surface area contributed by atoms with Crippen LogP contribution in [0.3, 0.4) is 0 Å². The number of hydrogen-bond donors (Lipinski definition) is 4. The van der Waals surface area contributed by atoms with Crippen molar-refractivity contribution in [2.75, 3.05) is 22.5 Å². The van der Waals surface area contributed by atoms with Crippen LogP contribution in [-0.2, 0) is 12.0 Å². The molecule has 0 saturated carbocycles. The van der Waals surface area contributed by atoms with E-state index in [0.717, 1.165) is 28.2 Å². The Morgan fingerprint density at radius 1 is 1.24 bits per heavy atom. The van der Waals surface area contributed by atoms with Crippen LogP contribution in [0.4, 0.5) is 17.2 Å². The topological polar surface area (TPSA) is 90.2 Å². The summed E-state index contributed by atoms with van der Waals surface area (Å²) in [6, 6.07) is 13.0. The predicted octanol–water partition coefficient (Wildman–Crippen LogP) is 3.17. The molecule has 3 aromatic rings. The van der Waals surface area contributed by atoms with Crippen molar-refractivity contribution in [3.8, 4) is 0 Å². The Kier molecular flexibility index (Phi) is 4.80. The monoisotopic (exact) mass is 390 g/mol. The van der Waals surface area contributed by atoms with Crippen LogP contribution in [-0.4, -0.2) is 22.6 Å². The zero-order chi connectivity index (χ0) is 20.4. The SMILES string of the molecule is CC1(C)CNc2cc(NC(=O)c3cccnc3NCc3cc[n+](O)cc3)ccc21. The summed E-state index contributed by atoms with van der Waals surface area (Å²) in [4.78, 5) is 17.2. The van der Waals surface area contributed by atoms with Crippen molar-refractivity contribution in [2.24, 2.45) is 0 Å². The number of aromatic nitrogens is 2. The standard InChI is InChI=1S/C22H23N5O2/c1-22(2)14-25-19-12-16(5-6-18(19)22)26-21(28)17-4-3-9-23-20(17)24-13-15-7-10-27(29)11-8-15/h3-12,25H,13-14H2,1-2H3,(H2-,23,24,26,28,29)/p+1. The molecule has 7 heteroatoms. The van der Waals surface area contributed by atoms with Gasteiger partial charge < -0.3 is 16.0 Å². The molecule has 1 aliphatic rings. The molecule has 0 bridgehead atoms. The van der Waals surface area contributed by atoms with Crippen molar-refractivity contribution in [3.05, 3.63) is 77.7 Å². The molecule has 7 nitrogen and oxygen atoms in total. The van der Waals surface area contributed by atoms with E-state index in [0.29, 0.717) is 17.9 Å². The van der Waals surface area contributed by atoms with Gasteiger partial charge in [0.2, 0.25) is 12.4 Å². The molecule has 1 amide bonds. The lowest BCUT2D eigenvalue weighted by Gasteiger charge is -2.17. The Labute approximate surface area is 169 Å². The fourth-order valence-corrected chi connectivity index (χ4v) is 3.45. The summed E-state index contributed by atoms with van der Waals surface area (Å²) in [5, 5.41) is 18.9. The van der Waals surface area contributed by atoms with Gasteiger partial charge in [0.1, 0.15) is 5.82 Å². The number of pyridine rings is 2. The van der Waals surface area contributed by atoms with Crippen LogP contribution in [0.15, 0.2) is 61.1 Å². The summed E-state index contributed by atoms with van der Waals surface area (Å²) in [5.41, 5.74) is 4.57. The maximum absolute atomic E-state index is 12.9. The third kappa shape index (κ3) is 3.99. The van der Waals surface area contributed by atoms with Gasteiger partial charge in [-0.1, -0.05) is 19.9 Å². The Balaban J connectivity index is 1.49. The van der Waals surface area contributed by atoms with E-state index in [2.05, 4.69) is 40.8 Å². The lowest BCUT2D eigenvalue weighted by molar-refractivity contribution is -0.904. The first kappa shape index (κ1) is 18.7. The Hall–Kier alpha value is -3.61. The molecule has 29 heavy (non-hydrogen) atoms. The lowest BCUT2D eigenvalue weighted by Crippen LogP contribution is -2.28. The summed E-state index contributed by atoms with van der Waals surface area (Å²) >= 11 is 0. The number of rotatable bonds is 5. The molecule has 1 aromatic carbocycles. The highest BCUT2D eigenvalue weighted by Crippen LogP contribution is 2.37. The van der Waals surface area contributed by atoms with E-state index in [4.69, 9.17) is 0 Å². The molecule has 2 aromatic heterocycles. The molecule has 0 fully saturated rings. The number of carbonyl (C=O) groups excluding carboxylic acids is 1. The van der Waals surface area contributed by atoms with Crippen molar-refractivity contribution in [3.63, 3.8) is 0 Å². The number of nitrogens with one attached hydrogen (secondary N) is 3. The van der Waals surface area contributed by atoms with Gasteiger partial charge in [-0.05, 0) is 35.4 Å². The molecule has 0 unspecified atom stereocenters. The van der Waals surface area contributed by atoms with E-state index in [-0.39, 0.29) is 11.3 Å². The second kappa shape index (κ2) is 7.43. The summed E-state index contributed by atoms with van der Waals surface area (Å²) in [6.07, 6.45) is 4.74. The highest BCUT2D eigenvalue weighted by atomic mass is 16.5. The number of amides is 1. The smallest absolute Gasteiger partial charge is 0.259 e. The summed E-state index contributed by atoms with van der Waals surface area (Å²) < 4.78 is 0.982. The Morgan fingerprint density at radius 3 is 2.83 bits per heavy atom. The Bertz CT molecular complexity index is 1050. The zero-order valence-electron chi connectivity index (χ0n) is 16.4. The molecule has 4 N–H and O–H groups in total. The van der Waals surface area contributed by atoms with Crippen molar-refractivity contribution in [1.29, 1.82) is 0 Å². The number of fused-ring (bicyclic) bond motifs is 1. The molecule has 0 spiro atoms. The predicted molar refractivity (Wildman–Crippen MR) is 111 cm³/mol. The third-order valence-corrected chi connectivity index (χ3v) is 5.12. The van der Waals surface area contributed by atoms with Gasteiger partial charge in [0.15, 0.2) is 0 Å². The second-order valence-corrected chi connectivity index (χ2v) is 7.79. The van der Waals surface area contributed by atoms with Gasteiger partial charge in [0, 0.05) is 52.9 Å². The molecule has 4 rings (SSSR count). The third-order valence-electron chi connectivity index (χ3n) is 5.12. The number of hydrogen-bond acceptors (Lipinski definition) is 5. The maximum atomic E-state index is 12.9. The number of benzene rings is 1. The highest BCUT2D eigenvalue weighted by molar-refractivity contribution is 6.07. The molecule has 0 atom stereocenters. The maximum Gasteiger partial charge on any atom is 0.259 e. The van der Waals surface area contributed by atoms with Gasteiger partial charge >= 0.3 is 0 Å². The summed E-state index contributed by atoms with van der Waals surface area (Å²) in [7, 11) is 0. The zero-order valence-corrected chi connectivity index (χ0v) is 16.4. The molecule has 0 radical (unpaired) electrons. The van der Waals surface area contributed by atoms with Crippen LogP contribution in [0.25, 0.3) is 0 Å². The van der Waals surface area contributed by atoms with E-state index in [1.165, 1.54) is 5.56 Å². The van der Waals surface area contributed by atoms with Crippen molar-refractivity contribution >= 4 is 23.1 Å². The Morgan fingerprint density at radius 2 is 2.03 bits per heavy atom. The lowest BCUT2D eigenvalue weighted by atomic mass is 9.87. The minimum absolute atomic E-state index is 0.0883. The number of anilines is 3. The number of carbonyl (C=O) groups is 1. The van der Waals surface area contributed by atoms with Crippen LogP contribution in [0.2, 0.25) is 0 Å². The average Bonchev–Trinajstić information content (AvgIpc) is 3.02. The van der Waals surface area contributed by atoms with Crippen LogP contribution in [0.1, 0.15) is 35.3 Å². The van der Waals surface area contributed by atoms with Gasteiger partial charge in [-0.3, -0.25) is 10.0 Å². The first-order valence-corrected chi connectivity index (χ1v) is 9.50. The van der Waals surface area contributed by atoms with Gasteiger partial charge in [-0.15, -0.1) is 0 Å². The molecule has 0 saturated heterocycles. The molecule has 0 aliphatic carbocycles. The average molecular weight is 390 g/mol. The van der Waals surface area contributed by atoms with E-state index in [1.54, 1.807) is 42.9 Å². The van der Waals surface area contributed by atoms with Crippen molar-refractivity contribution in [1.82, 2.24) is 4.98 Å². The van der Waals surface area contributed by atoms with Gasteiger partial charge in [0.05, 0.1) is 5.56 Å². The van der Waals surface area contributed by atoms with Crippen LogP contribution >= 0.6 is 0 Å². The first-order chi connectivity index (χ1) is 13.9. The second-order valence-electron chi connectivity index (χ2n) is 7.79. The van der Waals surface area contributed by atoms with Gasteiger partial charge in [0.25, 0.3) is 5.91 Å². The van der Waals surface area contributed by atoms with Gasteiger partial charge in [-0.25, -0.2) is 4.98 Å². The van der Waals surface area contributed by atoms with Crippen molar-refractivity contribution in [2.45, 2.75) is 25.8 Å². The minimum Gasteiger partial charge on any atom is -0.384 e. The molecular weight excluding hydrogens is 366 g/mol. The normalized spacial score (nSPS) is 14.0. The first-order valence-electron chi connectivity index (χ1n) is 9.50. The van der Waals surface area contributed by atoms with Crippen LogP contribution in [0, 0.1) is 0 Å². The minimum atomic E-state index is -0.223. The van der Waals surface area contributed by atoms with Gasteiger partial charge in [-0.2, -0.15) is 0 Å². The van der Waals surface area contributed by atoms with E-state index in [1.807, 2.05) is 12.1 Å². The van der Waals surface area contributed by atoms with E-state index >= 15 is 0 Å². The summed E-state index contributed by atoms with van der Waals surface area (Å²) in [6.45, 7) is 5.76. The molecular formula is C22H24N5O2+. The molecule has 1 aliphatic heterocycles. The highest BCUT2D eigenvalue weighted by Gasteiger charge is 2.29.